The Hall–Kier alpha value is -0.0800. The third-order valence-corrected chi connectivity index (χ3v) is 7.63. The molecule has 2 heteroatoms. The van der Waals surface area contributed by atoms with Gasteiger partial charge in [-0.25, -0.2) is 0 Å². The number of hydrogen-bond donors (Lipinski definition) is 1. The van der Waals surface area contributed by atoms with Gasteiger partial charge in [-0.15, -0.1) is 0 Å². The van der Waals surface area contributed by atoms with Crippen LogP contribution in [0, 0.1) is 22.7 Å². The maximum absolute atomic E-state index is 6.54. The molecule has 21 heavy (non-hydrogen) atoms. The molecule has 0 aromatic rings. The molecule has 3 aliphatic carbocycles. The second-order valence-electron chi connectivity index (χ2n) is 8.64. The first-order chi connectivity index (χ1) is 9.99. The maximum Gasteiger partial charge on any atom is 0.0637 e. The first kappa shape index (κ1) is 15.8. The summed E-state index contributed by atoms with van der Waals surface area (Å²) < 4.78 is 6.54. The molecule has 2 bridgehead atoms. The average Bonchev–Trinajstić information content (AvgIpc) is 3.09. The quantitative estimate of drug-likeness (QED) is 0.784. The highest BCUT2D eigenvalue weighted by molar-refractivity contribution is 5.11. The number of rotatable bonds is 6. The minimum atomic E-state index is 0.407. The van der Waals surface area contributed by atoms with Crippen LogP contribution >= 0.6 is 0 Å². The summed E-state index contributed by atoms with van der Waals surface area (Å²) >= 11 is 0. The van der Waals surface area contributed by atoms with Gasteiger partial charge in [0.2, 0.25) is 0 Å². The molecule has 1 N–H and O–H groups in total. The Labute approximate surface area is 131 Å². The lowest BCUT2D eigenvalue weighted by Crippen LogP contribution is -2.43. The number of hydrogen-bond acceptors (Lipinski definition) is 2. The van der Waals surface area contributed by atoms with E-state index in [-0.39, 0.29) is 0 Å². The van der Waals surface area contributed by atoms with Crippen LogP contribution in [-0.4, -0.2) is 25.3 Å². The Kier molecular flexibility index (Phi) is 4.40. The molecule has 0 aliphatic heterocycles. The molecular weight excluding hydrogens is 258 g/mol. The van der Waals surface area contributed by atoms with Gasteiger partial charge in [0.25, 0.3) is 0 Å². The van der Waals surface area contributed by atoms with Gasteiger partial charge in [-0.2, -0.15) is 0 Å². The highest BCUT2D eigenvalue weighted by Crippen LogP contribution is 2.66. The van der Waals surface area contributed by atoms with E-state index in [4.69, 9.17) is 4.74 Å². The second kappa shape index (κ2) is 5.85. The van der Waals surface area contributed by atoms with E-state index >= 15 is 0 Å². The number of nitrogens with one attached hydrogen (secondary N) is 1. The fourth-order valence-electron chi connectivity index (χ4n) is 5.59. The topological polar surface area (TPSA) is 21.3 Å². The molecule has 0 amide bonds. The zero-order chi connectivity index (χ0) is 15.1. The molecule has 2 nitrogen and oxygen atoms in total. The normalized spacial score (nSPS) is 40.0. The van der Waals surface area contributed by atoms with Crippen molar-refractivity contribution in [3.05, 3.63) is 0 Å². The molecule has 3 fully saturated rings. The predicted molar refractivity (Wildman–Crippen MR) is 88.4 cm³/mol. The molecule has 0 spiro atoms. The molecule has 0 heterocycles. The van der Waals surface area contributed by atoms with Gasteiger partial charge >= 0.3 is 0 Å². The summed E-state index contributed by atoms with van der Waals surface area (Å²) in [4.78, 5) is 0. The van der Waals surface area contributed by atoms with Gasteiger partial charge in [0.15, 0.2) is 0 Å². The van der Waals surface area contributed by atoms with Gasteiger partial charge in [0, 0.05) is 6.04 Å². The Balaban J connectivity index is 1.59. The minimum Gasteiger partial charge on any atom is -0.376 e. The van der Waals surface area contributed by atoms with Crippen LogP contribution < -0.4 is 5.32 Å². The Bertz CT molecular complexity index is 361. The molecule has 0 saturated heterocycles. The minimum absolute atomic E-state index is 0.407. The van der Waals surface area contributed by atoms with Crippen molar-refractivity contribution in [2.45, 2.75) is 84.8 Å². The molecule has 4 unspecified atom stereocenters. The highest BCUT2D eigenvalue weighted by atomic mass is 16.5. The fourth-order valence-corrected chi connectivity index (χ4v) is 5.59. The zero-order valence-electron chi connectivity index (χ0n) is 14.6. The maximum atomic E-state index is 6.54. The Morgan fingerprint density at radius 1 is 1.14 bits per heavy atom. The van der Waals surface area contributed by atoms with Crippen LogP contribution in [0.5, 0.6) is 0 Å². The van der Waals surface area contributed by atoms with Gasteiger partial charge in [-0.1, -0.05) is 40.5 Å². The van der Waals surface area contributed by atoms with Crippen molar-refractivity contribution >= 4 is 0 Å². The summed E-state index contributed by atoms with van der Waals surface area (Å²) in [6, 6.07) is 0.586. The van der Waals surface area contributed by atoms with Crippen LogP contribution in [0.3, 0.4) is 0 Å². The van der Waals surface area contributed by atoms with E-state index in [0.717, 1.165) is 25.0 Å². The zero-order valence-corrected chi connectivity index (χ0v) is 14.6. The fraction of sp³-hybridized carbons (Fsp3) is 1.00. The van der Waals surface area contributed by atoms with Crippen molar-refractivity contribution in [3.8, 4) is 0 Å². The summed E-state index contributed by atoms with van der Waals surface area (Å²) in [6.45, 7) is 11.7. The van der Waals surface area contributed by atoms with E-state index in [1.165, 1.54) is 44.9 Å². The number of fused-ring (bicyclic) bond motifs is 2. The van der Waals surface area contributed by atoms with Gasteiger partial charge in [-0.05, 0) is 61.3 Å². The lowest BCUT2D eigenvalue weighted by Gasteiger charge is -2.39. The predicted octanol–water partition coefficient (Wildman–Crippen LogP) is 4.39. The second-order valence-corrected chi connectivity index (χ2v) is 8.64. The Morgan fingerprint density at radius 2 is 1.86 bits per heavy atom. The molecule has 3 rings (SSSR count). The van der Waals surface area contributed by atoms with Crippen molar-refractivity contribution in [2.75, 3.05) is 13.2 Å². The third-order valence-electron chi connectivity index (χ3n) is 7.63. The van der Waals surface area contributed by atoms with E-state index in [0.29, 0.717) is 23.0 Å². The molecular formula is C19H35NO. The van der Waals surface area contributed by atoms with Crippen molar-refractivity contribution < 1.29 is 4.74 Å². The van der Waals surface area contributed by atoms with Gasteiger partial charge in [0.1, 0.15) is 0 Å². The van der Waals surface area contributed by atoms with Crippen LogP contribution in [0.1, 0.15) is 72.6 Å². The molecule has 0 radical (unpaired) electrons. The van der Waals surface area contributed by atoms with Crippen LogP contribution in [0.25, 0.3) is 0 Å². The third kappa shape index (κ3) is 2.57. The first-order valence-electron chi connectivity index (χ1n) is 9.34. The SMILES string of the molecule is CCNC(COC1CC2CCC1(C)C2(C)C)C1CCCC1. The van der Waals surface area contributed by atoms with E-state index in [1.807, 2.05) is 0 Å². The molecule has 122 valence electrons. The summed E-state index contributed by atoms with van der Waals surface area (Å²) in [5.74, 6) is 1.74. The lowest BCUT2D eigenvalue weighted by molar-refractivity contribution is -0.0577. The van der Waals surface area contributed by atoms with E-state index in [9.17, 15) is 0 Å². The van der Waals surface area contributed by atoms with Gasteiger partial charge < -0.3 is 10.1 Å². The Morgan fingerprint density at radius 3 is 2.38 bits per heavy atom. The molecule has 0 aromatic carbocycles. The van der Waals surface area contributed by atoms with Crippen molar-refractivity contribution in [3.63, 3.8) is 0 Å². The highest BCUT2D eigenvalue weighted by Gasteiger charge is 2.61. The molecule has 3 saturated carbocycles. The average molecular weight is 293 g/mol. The summed E-state index contributed by atoms with van der Waals surface area (Å²) in [5.41, 5.74) is 0.878. The standard InChI is InChI=1S/C19H35NO/c1-5-20-16(14-8-6-7-9-14)13-21-17-12-15-10-11-19(17,4)18(15,2)3/h14-17,20H,5-13H2,1-4H3. The number of ether oxygens (including phenoxy) is 1. The van der Waals surface area contributed by atoms with E-state index in [1.54, 1.807) is 0 Å². The molecule has 4 atom stereocenters. The lowest BCUT2D eigenvalue weighted by atomic mass is 9.70. The van der Waals surface area contributed by atoms with Crippen LogP contribution in [-0.2, 0) is 4.74 Å². The number of likely N-dealkylation sites (N-methyl/N-ethyl adjacent to an activating group) is 1. The summed E-state index contributed by atoms with van der Waals surface area (Å²) in [7, 11) is 0. The largest absolute Gasteiger partial charge is 0.376 e. The summed E-state index contributed by atoms with van der Waals surface area (Å²) in [6.07, 6.45) is 10.2. The van der Waals surface area contributed by atoms with Gasteiger partial charge in [0.05, 0.1) is 12.7 Å². The van der Waals surface area contributed by atoms with Crippen LogP contribution in [0.15, 0.2) is 0 Å². The van der Waals surface area contributed by atoms with Crippen molar-refractivity contribution in [1.29, 1.82) is 0 Å². The van der Waals surface area contributed by atoms with Crippen molar-refractivity contribution in [2.24, 2.45) is 22.7 Å². The van der Waals surface area contributed by atoms with Crippen molar-refractivity contribution in [1.82, 2.24) is 5.32 Å². The molecule has 0 aromatic heterocycles. The summed E-state index contributed by atoms with van der Waals surface area (Å²) in [5, 5.41) is 3.70. The van der Waals surface area contributed by atoms with Gasteiger partial charge in [-0.3, -0.25) is 0 Å². The van der Waals surface area contributed by atoms with Crippen LogP contribution in [0.2, 0.25) is 0 Å². The molecule has 3 aliphatic rings. The van der Waals surface area contributed by atoms with E-state index < -0.39 is 0 Å². The van der Waals surface area contributed by atoms with E-state index in [2.05, 4.69) is 33.0 Å². The monoisotopic (exact) mass is 293 g/mol. The first-order valence-corrected chi connectivity index (χ1v) is 9.34. The van der Waals surface area contributed by atoms with Crippen LogP contribution in [0.4, 0.5) is 0 Å². The smallest absolute Gasteiger partial charge is 0.0637 e.